The molecule has 0 spiro atoms. The third kappa shape index (κ3) is 4.70. The Bertz CT molecular complexity index is 3160. The summed E-state index contributed by atoms with van der Waals surface area (Å²) >= 11 is 0. The van der Waals surface area contributed by atoms with Gasteiger partial charge in [0.05, 0.1) is 0 Å². The van der Waals surface area contributed by atoms with Crippen molar-refractivity contribution in [3.8, 4) is 44.8 Å². The number of fused-ring (bicyclic) bond motifs is 8. The van der Waals surface area contributed by atoms with Crippen molar-refractivity contribution in [2.45, 2.75) is 0 Å². The van der Waals surface area contributed by atoms with E-state index in [1.54, 1.807) is 0 Å². The second-order valence-corrected chi connectivity index (χ2v) is 13.8. The minimum Gasteiger partial charge on any atom is -0.435 e. The Kier molecular flexibility index (Phi) is 6.59. The summed E-state index contributed by atoms with van der Waals surface area (Å²) in [6.07, 6.45) is 0. The molecule has 0 saturated carbocycles. The highest BCUT2D eigenvalue weighted by atomic mass is 16.3. The van der Waals surface area contributed by atoms with Gasteiger partial charge >= 0.3 is 0 Å². The molecule has 0 N–H and O–H groups in total. The van der Waals surface area contributed by atoms with Gasteiger partial charge in [-0.2, -0.15) is 0 Å². The number of nitrogens with zero attached hydrogens (tertiary/aromatic N) is 1. The number of rotatable bonds is 4. The van der Waals surface area contributed by atoms with Crippen LogP contribution in [0.15, 0.2) is 192 Å². The van der Waals surface area contributed by atoms with E-state index in [2.05, 4.69) is 158 Å². The van der Waals surface area contributed by atoms with Gasteiger partial charge in [-0.25, -0.2) is 4.98 Å². The first-order valence-corrected chi connectivity index (χ1v) is 18.1. The molecule has 2 heteroatoms. The number of benzene rings is 10. The molecule has 0 saturated heterocycles. The molecule has 1 heterocycles. The lowest BCUT2D eigenvalue weighted by molar-refractivity contribution is 0.623. The molecule has 10 aromatic carbocycles. The zero-order valence-electron chi connectivity index (χ0n) is 28.8. The van der Waals surface area contributed by atoms with E-state index in [4.69, 9.17) is 9.40 Å². The van der Waals surface area contributed by atoms with Crippen LogP contribution in [0.3, 0.4) is 0 Å². The Labute approximate surface area is 306 Å². The fourth-order valence-corrected chi connectivity index (χ4v) is 8.46. The first kappa shape index (κ1) is 29.7. The summed E-state index contributed by atoms with van der Waals surface area (Å²) in [6, 6.07) is 67.7. The van der Waals surface area contributed by atoms with Crippen LogP contribution >= 0.6 is 0 Å². The molecule has 11 rings (SSSR count). The van der Waals surface area contributed by atoms with Crippen molar-refractivity contribution in [3.63, 3.8) is 0 Å². The van der Waals surface area contributed by atoms with Crippen molar-refractivity contribution in [1.29, 1.82) is 0 Å². The Morgan fingerprint density at radius 3 is 1.66 bits per heavy atom. The second kappa shape index (κ2) is 11.8. The first-order chi connectivity index (χ1) is 26.3. The third-order valence-electron chi connectivity index (χ3n) is 10.8. The zero-order valence-corrected chi connectivity index (χ0v) is 28.8. The average Bonchev–Trinajstić information content (AvgIpc) is 3.67. The van der Waals surface area contributed by atoms with Crippen molar-refractivity contribution in [2.75, 3.05) is 0 Å². The van der Waals surface area contributed by atoms with Gasteiger partial charge < -0.3 is 4.42 Å². The van der Waals surface area contributed by atoms with Crippen molar-refractivity contribution < 1.29 is 4.42 Å². The van der Waals surface area contributed by atoms with Crippen LogP contribution in [0, 0.1) is 0 Å². The molecule has 11 aromatic rings. The molecule has 2 nitrogen and oxygen atoms in total. The largest absolute Gasteiger partial charge is 0.435 e. The minimum atomic E-state index is 0.641. The molecule has 0 aliphatic heterocycles. The van der Waals surface area contributed by atoms with Gasteiger partial charge in [-0.05, 0) is 112 Å². The fraction of sp³-hybridized carbons (Fsp3) is 0. The highest BCUT2D eigenvalue weighted by Gasteiger charge is 2.19. The molecule has 0 atom stereocenters. The summed E-state index contributed by atoms with van der Waals surface area (Å²) in [5, 5.41) is 12.0. The molecule has 0 aliphatic carbocycles. The Morgan fingerprint density at radius 1 is 0.340 bits per heavy atom. The zero-order chi connectivity index (χ0) is 34.9. The number of aromatic nitrogens is 1. The van der Waals surface area contributed by atoms with Crippen LogP contribution in [0.25, 0.3) is 110 Å². The predicted octanol–water partition coefficient (Wildman–Crippen LogP) is 14.3. The van der Waals surface area contributed by atoms with E-state index in [1.165, 1.54) is 71.1 Å². The lowest BCUT2D eigenvalue weighted by atomic mass is 9.84. The molecule has 1 aromatic heterocycles. The summed E-state index contributed by atoms with van der Waals surface area (Å²) in [7, 11) is 0. The monoisotopic (exact) mass is 673 g/mol. The normalized spacial score (nSPS) is 11.8. The number of hydrogen-bond acceptors (Lipinski definition) is 2. The predicted molar refractivity (Wildman–Crippen MR) is 223 cm³/mol. The van der Waals surface area contributed by atoms with Gasteiger partial charge in [-0.3, -0.25) is 0 Å². The van der Waals surface area contributed by atoms with Crippen molar-refractivity contribution in [1.82, 2.24) is 4.98 Å². The topological polar surface area (TPSA) is 26.0 Å². The van der Waals surface area contributed by atoms with Gasteiger partial charge in [-0.1, -0.05) is 158 Å². The molecular weight excluding hydrogens is 643 g/mol. The van der Waals surface area contributed by atoms with E-state index in [0.29, 0.717) is 5.89 Å². The lowest BCUT2D eigenvalue weighted by Gasteiger charge is -2.19. The van der Waals surface area contributed by atoms with Gasteiger partial charge in [0, 0.05) is 10.9 Å². The first-order valence-electron chi connectivity index (χ1n) is 18.1. The van der Waals surface area contributed by atoms with Crippen molar-refractivity contribution >= 4 is 65.0 Å². The molecule has 0 amide bonds. The number of oxazole rings is 1. The number of hydrogen-bond donors (Lipinski definition) is 0. The van der Waals surface area contributed by atoms with Crippen LogP contribution in [-0.2, 0) is 0 Å². The Morgan fingerprint density at radius 2 is 0.906 bits per heavy atom. The maximum absolute atomic E-state index is 6.51. The smallest absolute Gasteiger partial charge is 0.227 e. The molecule has 0 fully saturated rings. The molecule has 246 valence electrons. The van der Waals surface area contributed by atoms with Gasteiger partial charge in [0.1, 0.15) is 5.52 Å². The van der Waals surface area contributed by atoms with E-state index in [0.717, 1.165) is 32.8 Å². The SMILES string of the molecule is c1ccc(-c2nc3ccc4ccc5cc(-c6c7ccccc7c(-c7cccc(-c8cccc9ccccc89)c7)c7ccccc67)ccc5c4c3o2)cc1. The van der Waals surface area contributed by atoms with Crippen LogP contribution in [0.2, 0.25) is 0 Å². The molecular formula is C51H31NO. The highest BCUT2D eigenvalue weighted by molar-refractivity contribution is 6.23. The Balaban J connectivity index is 1.12. The van der Waals surface area contributed by atoms with Crippen LogP contribution < -0.4 is 0 Å². The van der Waals surface area contributed by atoms with Crippen molar-refractivity contribution in [3.05, 3.63) is 188 Å². The van der Waals surface area contributed by atoms with E-state index in [9.17, 15) is 0 Å². The van der Waals surface area contributed by atoms with Gasteiger partial charge in [-0.15, -0.1) is 0 Å². The van der Waals surface area contributed by atoms with E-state index in [-0.39, 0.29) is 0 Å². The molecule has 0 bridgehead atoms. The van der Waals surface area contributed by atoms with E-state index < -0.39 is 0 Å². The molecule has 0 aliphatic rings. The van der Waals surface area contributed by atoms with Crippen LogP contribution in [0.5, 0.6) is 0 Å². The van der Waals surface area contributed by atoms with Crippen LogP contribution in [-0.4, -0.2) is 4.98 Å². The third-order valence-corrected chi connectivity index (χ3v) is 10.8. The standard InChI is InChI=1S/C51H31NO/c1-2-13-34(14-3-1)51-52-46-29-27-33-24-25-36-31-38(26-28-41(36)49(33)50(46)53-51)48-44-21-8-6-19-42(44)47(43-20-7-9-22-45(43)48)37-17-10-16-35(30-37)40-23-11-15-32-12-4-5-18-39(32)40/h1-31H. The average molecular weight is 674 g/mol. The summed E-state index contributed by atoms with van der Waals surface area (Å²) in [4.78, 5) is 4.88. The van der Waals surface area contributed by atoms with E-state index in [1.807, 2.05) is 30.3 Å². The van der Waals surface area contributed by atoms with E-state index >= 15 is 0 Å². The van der Waals surface area contributed by atoms with Crippen molar-refractivity contribution in [2.24, 2.45) is 0 Å². The quantitative estimate of drug-likeness (QED) is 0.137. The van der Waals surface area contributed by atoms with Gasteiger partial charge in [0.2, 0.25) is 5.89 Å². The maximum Gasteiger partial charge on any atom is 0.227 e. The lowest BCUT2D eigenvalue weighted by Crippen LogP contribution is -1.91. The summed E-state index contributed by atoms with van der Waals surface area (Å²) in [5.74, 6) is 0.641. The maximum atomic E-state index is 6.51. The summed E-state index contributed by atoms with van der Waals surface area (Å²) in [6.45, 7) is 0. The fourth-order valence-electron chi connectivity index (χ4n) is 8.46. The molecule has 0 radical (unpaired) electrons. The second-order valence-electron chi connectivity index (χ2n) is 13.8. The molecule has 0 unspecified atom stereocenters. The van der Waals surface area contributed by atoms with Gasteiger partial charge in [0.25, 0.3) is 0 Å². The van der Waals surface area contributed by atoms with Crippen LogP contribution in [0.4, 0.5) is 0 Å². The highest BCUT2D eigenvalue weighted by Crippen LogP contribution is 2.45. The minimum absolute atomic E-state index is 0.641. The Hall–Kier alpha value is -7.03. The van der Waals surface area contributed by atoms with Gasteiger partial charge in [0.15, 0.2) is 5.58 Å². The summed E-state index contributed by atoms with van der Waals surface area (Å²) in [5.41, 5.74) is 10.0. The van der Waals surface area contributed by atoms with Crippen LogP contribution in [0.1, 0.15) is 0 Å². The molecule has 53 heavy (non-hydrogen) atoms. The summed E-state index contributed by atoms with van der Waals surface area (Å²) < 4.78 is 6.51.